The van der Waals surface area contributed by atoms with Crippen LogP contribution in [0.25, 0.3) is 0 Å². The molecule has 0 unspecified atom stereocenters. The third-order valence-corrected chi connectivity index (χ3v) is 4.41. The summed E-state index contributed by atoms with van der Waals surface area (Å²) in [5.41, 5.74) is 3.84. The van der Waals surface area contributed by atoms with E-state index in [2.05, 4.69) is 58.2 Å². The molecule has 4 heteroatoms. The average Bonchev–Trinajstić information content (AvgIpc) is 2.70. The second kappa shape index (κ2) is 7.07. The Hall–Kier alpha value is -1.65. The van der Waals surface area contributed by atoms with Crippen molar-refractivity contribution in [3.63, 3.8) is 0 Å². The lowest BCUT2D eigenvalue weighted by Crippen LogP contribution is -2.30. The first-order valence-electron chi connectivity index (χ1n) is 8.19. The molecular weight excluding hydrogens is 272 g/mol. The third-order valence-electron chi connectivity index (χ3n) is 4.41. The Morgan fingerprint density at radius 3 is 2.27 bits per heavy atom. The molecule has 0 aliphatic carbocycles. The summed E-state index contributed by atoms with van der Waals surface area (Å²) in [6.07, 6.45) is 1.24. The van der Waals surface area contributed by atoms with Crippen LogP contribution in [-0.4, -0.2) is 45.8 Å². The number of benzene rings is 1. The lowest BCUT2D eigenvalue weighted by molar-refractivity contribution is 0.243. The molecule has 3 rings (SSSR count). The Bertz CT molecular complexity index is 590. The van der Waals surface area contributed by atoms with Crippen LogP contribution in [0.15, 0.2) is 36.4 Å². The van der Waals surface area contributed by atoms with Gasteiger partial charge in [0.2, 0.25) is 0 Å². The minimum Gasteiger partial charge on any atom is -0.298 e. The Morgan fingerprint density at radius 1 is 0.955 bits per heavy atom. The van der Waals surface area contributed by atoms with Crippen molar-refractivity contribution < 1.29 is 0 Å². The van der Waals surface area contributed by atoms with Gasteiger partial charge in [0.05, 0.1) is 11.4 Å². The van der Waals surface area contributed by atoms with Crippen LogP contribution in [0.4, 0.5) is 0 Å². The summed E-state index contributed by atoms with van der Waals surface area (Å²) in [4.78, 5) is 5.13. The molecule has 0 atom stereocenters. The zero-order valence-corrected chi connectivity index (χ0v) is 13.7. The smallest absolute Gasteiger partial charge is 0.0597 e. The third kappa shape index (κ3) is 3.96. The molecule has 0 spiro atoms. The highest BCUT2D eigenvalue weighted by Gasteiger charge is 2.16. The van der Waals surface area contributed by atoms with E-state index in [1.54, 1.807) is 0 Å². The molecule has 0 amide bonds. The van der Waals surface area contributed by atoms with E-state index >= 15 is 0 Å². The van der Waals surface area contributed by atoms with E-state index in [1.807, 2.05) is 11.7 Å². The summed E-state index contributed by atoms with van der Waals surface area (Å²) >= 11 is 0. The zero-order chi connectivity index (χ0) is 15.4. The maximum absolute atomic E-state index is 4.45. The molecule has 1 saturated heterocycles. The van der Waals surface area contributed by atoms with E-state index < -0.39 is 0 Å². The molecule has 4 nitrogen and oxygen atoms in total. The Kier molecular flexibility index (Phi) is 4.90. The largest absolute Gasteiger partial charge is 0.298 e. The van der Waals surface area contributed by atoms with E-state index in [-0.39, 0.29) is 0 Å². The highest BCUT2D eigenvalue weighted by molar-refractivity contribution is 5.14. The second-order valence-electron chi connectivity index (χ2n) is 6.29. The van der Waals surface area contributed by atoms with Gasteiger partial charge in [0.1, 0.15) is 0 Å². The van der Waals surface area contributed by atoms with E-state index in [0.29, 0.717) is 0 Å². The topological polar surface area (TPSA) is 24.3 Å². The van der Waals surface area contributed by atoms with Crippen LogP contribution in [0.5, 0.6) is 0 Å². The molecule has 22 heavy (non-hydrogen) atoms. The van der Waals surface area contributed by atoms with Crippen LogP contribution in [-0.2, 0) is 20.1 Å². The summed E-state index contributed by atoms with van der Waals surface area (Å²) in [6, 6.07) is 13.0. The molecular formula is C18H26N4. The monoisotopic (exact) mass is 298 g/mol. The van der Waals surface area contributed by atoms with Crippen molar-refractivity contribution in [2.75, 3.05) is 26.2 Å². The maximum Gasteiger partial charge on any atom is 0.0597 e. The summed E-state index contributed by atoms with van der Waals surface area (Å²) in [5, 5.41) is 4.45. The number of hydrogen-bond donors (Lipinski definition) is 0. The fraction of sp³-hybridized carbons (Fsp3) is 0.500. The first-order valence-corrected chi connectivity index (χ1v) is 8.19. The number of aromatic nitrogens is 2. The highest BCUT2D eigenvalue weighted by atomic mass is 15.3. The normalized spacial score (nSPS) is 17.5. The van der Waals surface area contributed by atoms with E-state index in [0.717, 1.165) is 31.9 Å². The predicted octanol–water partition coefficient (Wildman–Crippen LogP) is 2.44. The van der Waals surface area contributed by atoms with Crippen LogP contribution in [0, 0.1) is 6.92 Å². The van der Waals surface area contributed by atoms with Gasteiger partial charge < -0.3 is 0 Å². The molecule has 1 aromatic heterocycles. The van der Waals surface area contributed by atoms with Crippen molar-refractivity contribution in [3.8, 4) is 0 Å². The number of hydrogen-bond acceptors (Lipinski definition) is 3. The molecule has 0 saturated carbocycles. The molecule has 2 aromatic rings. The van der Waals surface area contributed by atoms with E-state index in [9.17, 15) is 0 Å². The number of rotatable bonds is 4. The molecule has 1 aromatic carbocycles. The second-order valence-corrected chi connectivity index (χ2v) is 6.29. The van der Waals surface area contributed by atoms with Gasteiger partial charge in [-0.1, -0.05) is 30.3 Å². The molecule has 118 valence electrons. The van der Waals surface area contributed by atoms with E-state index in [4.69, 9.17) is 0 Å². The van der Waals surface area contributed by atoms with Crippen molar-refractivity contribution >= 4 is 0 Å². The van der Waals surface area contributed by atoms with Gasteiger partial charge in [-0.3, -0.25) is 14.5 Å². The summed E-state index contributed by atoms with van der Waals surface area (Å²) in [5.74, 6) is 0. The van der Waals surface area contributed by atoms with Gasteiger partial charge in [-0.25, -0.2) is 0 Å². The van der Waals surface area contributed by atoms with Gasteiger partial charge in [-0.05, 0) is 38.1 Å². The van der Waals surface area contributed by atoms with E-state index in [1.165, 1.54) is 30.8 Å². The van der Waals surface area contributed by atoms with Crippen molar-refractivity contribution in [1.82, 2.24) is 19.6 Å². The molecule has 1 fully saturated rings. The van der Waals surface area contributed by atoms with Gasteiger partial charge in [0.25, 0.3) is 0 Å². The fourth-order valence-electron chi connectivity index (χ4n) is 3.22. The quantitative estimate of drug-likeness (QED) is 0.866. The lowest BCUT2D eigenvalue weighted by Gasteiger charge is -2.21. The van der Waals surface area contributed by atoms with Crippen molar-refractivity contribution in [1.29, 1.82) is 0 Å². The zero-order valence-electron chi connectivity index (χ0n) is 13.7. The summed E-state index contributed by atoms with van der Waals surface area (Å²) < 4.78 is 2.02. The predicted molar refractivity (Wildman–Crippen MR) is 89.6 cm³/mol. The van der Waals surface area contributed by atoms with Crippen LogP contribution in [0.3, 0.4) is 0 Å². The SMILES string of the molecule is Cc1cc(CN2CCCN(Cc3ccccc3)CC2)n(C)n1. The standard InChI is InChI=1S/C18H26N4/c1-16-13-18(20(2)19-16)15-22-10-6-9-21(11-12-22)14-17-7-4-3-5-8-17/h3-5,7-8,13H,6,9-12,14-15H2,1-2H3. The molecule has 2 heterocycles. The van der Waals surface area contributed by atoms with Crippen LogP contribution in [0.2, 0.25) is 0 Å². The Labute approximate surface area is 133 Å². The van der Waals surface area contributed by atoms with Crippen molar-refractivity contribution in [3.05, 3.63) is 53.3 Å². The number of aryl methyl sites for hydroxylation is 2. The highest BCUT2D eigenvalue weighted by Crippen LogP contribution is 2.12. The van der Waals surface area contributed by atoms with Crippen molar-refractivity contribution in [2.45, 2.75) is 26.4 Å². The van der Waals surface area contributed by atoms with Crippen molar-refractivity contribution in [2.24, 2.45) is 7.05 Å². The fourth-order valence-corrected chi connectivity index (χ4v) is 3.22. The Balaban J connectivity index is 1.54. The van der Waals surface area contributed by atoms with Crippen LogP contribution >= 0.6 is 0 Å². The Morgan fingerprint density at radius 2 is 1.64 bits per heavy atom. The average molecular weight is 298 g/mol. The minimum absolute atomic E-state index is 1.01. The van der Waals surface area contributed by atoms with Gasteiger partial charge in [-0.2, -0.15) is 5.10 Å². The lowest BCUT2D eigenvalue weighted by atomic mass is 10.2. The molecule has 1 aliphatic rings. The number of nitrogens with zero attached hydrogens (tertiary/aromatic N) is 4. The van der Waals surface area contributed by atoms with Gasteiger partial charge in [-0.15, -0.1) is 0 Å². The first-order chi connectivity index (χ1) is 10.7. The minimum atomic E-state index is 1.01. The first kappa shape index (κ1) is 15.3. The molecule has 1 aliphatic heterocycles. The summed E-state index contributed by atoms with van der Waals surface area (Å²) in [6.45, 7) is 8.79. The molecule has 0 radical (unpaired) electrons. The summed E-state index contributed by atoms with van der Waals surface area (Å²) in [7, 11) is 2.04. The van der Waals surface area contributed by atoms with Gasteiger partial charge >= 0.3 is 0 Å². The maximum atomic E-state index is 4.45. The van der Waals surface area contributed by atoms with Crippen LogP contribution < -0.4 is 0 Å². The van der Waals surface area contributed by atoms with Crippen LogP contribution in [0.1, 0.15) is 23.4 Å². The molecule has 0 N–H and O–H groups in total. The molecule has 0 bridgehead atoms. The van der Waals surface area contributed by atoms with Gasteiger partial charge in [0, 0.05) is 33.2 Å². The van der Waals surface area contributed by atoms with Gasteiger partial charge in [0.15, 0.2) is 0 Å².